The topological polar surface area (TPSA) is 23.8 Å². The number of hydrogen-bond donors (Lipinski definition) is 0. The van der Waals surface area contributed by atoms with Crippen LogP contribution in [0.4, 0.5) is 0 Å². The van der Waals surface area contributed by atoms with Crippen LogP contribution in [0.3, 0.4) is 0 Å². The van der Waals surface area contributed by atoms with Crippen LogP contribution >= 0.6 is 0 Å². The molecule has 2 aliphatic rings. The standard InChI is InChI=1S/C17H27N/c1-16(2,3)14-9-11-17(13-18,12-10-14)15-7-5-4-6-8-15/h5,7,14-15H,4,6,8-12H2,1-3H3. The third-order valence-electron chi connectivity index (χ3n) is 5.29. The molecule has 0 heterocycles. The van der Waals surface area contributed by atoms with Crippen molar-refractivity contribution in [1.29, 1.82) is 5.26 Å². The zero-order valence-electron chi connectivity index (χ0n) is 12.2. The molecule has 0 bridgehead atoms. The third-order valence-corrected chi connectivity index (χ3v) is 5.29. The first kappa shape index (κ1) is 13.7. The normalized spacial score (nSPS) is 37.2. The summed E-state index contributed by atoms with van der Waals surface area (Å²) in [4.78, 5) is 0. The van der Waals surface area contributed by atoms with Crippen LogP contribution in [-0.4, -0.2) is 0 Å². The van der Waals surface area contributed by atoms with Crippen molar-refractivity contribution in [3.63, 3.8) is 0 Å². The number of hydrogen-bond acceptors (Lipinski definition) is 1. The van der Waals surface area contributed by atoms with Gasteiger partial charge in [-0.1, -0.05) is 32.9 Å². The molecule has 2 rings (SSSR count). The van der Waals surface area contributed by atoms with Gasteiger partial charge in [0.25, 0.3) is 0 Å². The Balaban J connectivity index is 2.07. The van der Waals surface area contributed by atoms with E-state index in [-0.39, 0.29) is 5.41 Å². The maximum Gasteiger partial charge on any atom is 0.0695 e. The van der Waals surface area contributed by atoms with Gasteiger partial charge >= 0.3 is 0 Å². The molecule has 0 radical (unpaired) electrons. The van der Waals surface area contributed by atoms with Gasteiger partial charge in [-0.05, 0) is 62.2 Å². The first-order chi connectivity index (χ1) is 8.48. The number of nitriles is 1. The van der Waals surface area contributed by atoms with Gasteiger partial charge < -0.3 is 0 Å². The second-order valence-corrected chi connectivity index (χ2v) is 7.37. The SMILES string of the molecule is CC(C)(C)C1CCC(C#N)(C2C=CCCC2)CC1. The van der Waals surface area contributed by atoms with Crippen molar-refractivity contribution in [2.75, 3.05) is 0 Å². The predicted molar refractivity (Wildman–Crippen MR) is 75.9 cm³/mol. The predicted octanol–water partition coefficient (Wildman–Crippen LogP) is 5.09. The quantitative estimate of drug-likeness (QED) is 0.590. The molecule has 1 saturated carbocycles. The Bertz CT molecular complexity index is 345. The Morgan fingerprint density at radius 3 is 2.28 bits per heavy atom. The third kappa shape index (κ3) is 2.63. The van der Waals surface area contributed by atoms with E-state index in [9.17, 15) is 5.26 Å². The van der Waals surface area contributed by atoms with Gasteiger partial charge in [-0.15, -0.1) is 0 Å². The Morgan fingerprint density at radius 2 is 1.83 bits per heavy atom. The maximum absolute atomic E-state index is 9.70. The lowest BCUT2D eigenvalue weighted by atomic mass is 9.59. The largest absolute Gasteiger partial charge is 0.198 e. The summed E-state index contributed by atoms with van der Waals surface area (Å²) in [6.45, 7) is 7.03. The lowest BCUT2D eigenvalue weighted by Gasteiger charge is -2.44. The first-order valence-electron chi connectivity index (χ1n) is 7.56. The Morgan fingerprint density at radius 1 is 1.17 bits per heavy atom. The average molecular weight is 245 g/mol. The summed E-state index contributed by atoms with van der Waals surface area (Å²) in [5.41, 5.74) is 0.364. The van der Waals surface area contributed by atoms with Crippen molar-refractivity contribution in [1.82, 2.24) is 0 Å². The second-order valence-electron chi connectivity index (χ2n) is 7.37. The maximum atomic E-state index is 9.70. The molecule has 0 aromatic rings. The fourth-order valence-corrected chi connectivity index (χ4v) is 3.84. The summed E-state index contributed by atoms with van der Waals surface area (Å²) in [7, 11) is 0. The number of nitrogens with zero attached hydrogens (tertiary/aromatic N) is 1. The Labute approximate surface area is 112 Å². The van der Waals surface area contributed by atoms with Crippen molar-refractivity contribution >= 4 is 0 Å². The second kappa shape index (κ2) is 5.08. The lowest BCUT2D eigenvalue weighted by molar-refractivity contribution is 0.0909. The van der Waals surface area contributed by atoms with Crippen molar-refractivity contribution < 1.29 is 0 Å². The molecule has 0 aromatic carbocycles. The van der Waals surface area contributed by atoms with Gasteiger partial charge in [-0.3, -0.25) is 0 Å². The van der Waals surface area contributed by atoms with Gasteiger partial charge in [0.2, 0.25) is 0 Å². The molecule has 1 heteroatoms. The van der Waals surface area contributed by atoms with Crippen LogP contribution in [0, 0.1) is 34.0 Å². The molecule has 1 nitrogen and oxygen atoms in total. The van der Waals surface area contributed by atoms with Gasteiger partial charge in [0, 0.05) is 0 Å². The minimum absolute atomic E-state index is 0.0430. The first-order valence-corrected chi connectivity index (χ1v) is 7.56. The van der Waals surface area contributed by atoms with Crippen LogP contribution in [0.1, 0.15) is 65.7 Å². The highest BCUT2D eigenvalue weighted by molar-refractivity contribution is 5.12. The number of rotatable bonds is 1. The van der Waals surface area contributed by atoms with Gasteiger partial charge in [-0.25, -0.2) is 0 Å². The molecule has 0 aliphatic heterocycles. The van der Waals surface area contributed by atoms with Crippen molar-refractivity contribution in [2.24, 2.45) is 22.7 Å². The van der Waals surface area contributed by atoms with Crippen molar-refractivity contribution in [2.45, 2.75) is 65.7 Å². The molecule has 0 saturated heterocycles. The van der Waals surface area contributed by atoms with Gasteiger partial charge in [-0.2, -0.15) is 5.26 Å². The van der Waals surface area contributed by atoms with Crippen molar-refractivity contribution in [3.05, 3.63) is 12.2 Å². The van der Waals surface area contributed by atoms with E-state index in [0.717, 1.165) is 18.8 Å². The Hall–Kier alpha value is -0.770. The smallest absolute Gasteiger partial charge is 0.0695 e. The summed E-state index contributed by atoms with van der Waals surface area (Å²) in [6.07, 6.45) is 13.0. The van der Waals surface area contributed by atoms with E-state index in [4.69, 9.17) is 0 Å². The van der Waals surface area contributed by atoms with Crippen LogP contribution < -0.4 is 0 Å². The summed E-state index contributed by atoms with van der Waals surface area (Å²) < 4.78 is 0. The highest BCUT2D eigenvalue weighted by Gasteiger charge is 2.43. The van der Waals surface area contributed by atoms with E-state index in [0.29, 0.717) is 11.3 Å². The molecular weight excluding hydrogens is 218 g/mol. The highest BCUT2D eigenvalue weighted by atomic mass is 14.5. The fraction of sp³-hybridized carbons (Fsp3) is 0.824. The van der Waals surface area contributed by atoms with Gasteiger partial charge in [0.15, 0.2) is 0 Å². The van der Waals surface area contributed by atoms with Crippen LogP contribution in [0.2, 0.25) is 0 Å². The average Bonchev–Trinajstić information content (AvgIpc) is 2.39. The van der Waals surface area contributed by atoms with Crippen LogP contribution in [0.5, 0.6) is 0 Å². The molecule has 0 amide bonds. The van der Waals surface area contributed by atoms with Crippen LogP contribution in [-0.2, 0) is 0 Å². The molecular formula is C17H27N. The monoisotopic (exact) mass is 245 g/mol. The van der Waals surface area contributed by atoms with E-state index < -0.39 is 0 Å². The number of allylic oxidation sites excluding steroid dienone is 2. The summed E-state index contributed by atoms with van der Waals surface area (Å²) in [6, 6.07) is 2.71. The van der Waals surface area contributed by atoms with E-state index in [1.165, 1.54) is 32.1 Å². The molecule has 1 unspecified atom stereocenters. The summed E-state index contributed by atoms with van der Waals surface area (Å²) >= 11 is 0. The van der Waals surface area contributed by atoms with E-state index in [2.05, 4.69) is 39.0 Å². The molecule has 0 spiro atoms. The van der Waals surface area contributed by atoms with E-state index in [1.54, 1.807) is 0 Å². The van der Waals surface area contributed by atoms with Gasteiger partial charge in [0.05, 0.1) is 11.5 Å². The zero-order chi connectivity index (χ0) is 13.2. The molecule has 18 heavy (non-hydrogen) atoms. The van der Waals surface area contributed by atoms with Gasteiger partial charge in [0.1, 0.15) is 0 Å². The van der Waals surface area contributed by atoms with E-state index in [1.807, 2.05) is 0 Å². The Kier molecular flexibility index (Phi) is 3.85. The molecule has 0 N–H and O–H groups in total. The minimum Gasteiger partial charge on any atom is -0.198 e. The van der Waals surface area contributed by atoms with Crippen LogP contribution in [0.25, 0.3) is 0 Å². The fourth-order valence-electron chi connectivity index (χ4n) is 3.84. The van der Waals surface area contributed by atoms with Crippen molar-refractivity contribution in [3.8, 4) is 6.07 Å². The molecule has 0 aromatic heterocycles. The summed E-state index contributed by atoms with van der Waals surface area (Å²) in [5.74, 6) is 1.32. The summed E-state index contributed by atoms with van der Waals surface area (Å²) in [5, 5.41) is 9.70. The molecule has 2 aliphatic carbocycles. The van der Waals surface area contributed by atoms with Crippen LogP contribution in [0.15, 0.2) is 12.2 Å². The molecule has 1 atom stereocenters. The molecule has 100 valence electrons. The van der Waals surface area contributed by atoms with E-state index >= 15 is 0 Å². The minimum atomic E-state index is -0.0430. The highest BCUT2D eigenvalue weighted by Crippen LogP contribution is 2.50. The molecule has 1 fully saturated rings. The lowest BCUT2D eigenvalue weighted by Crippen LogP contribution is -2.36. The zero-order valence-corrected chi connectivity index (χ0v) is 12.2.